The van der Waals surface area contributed by atoms with Gasteiger partial charge < -0.3 is 4.90 Å². The Balaban J connectivity index is 2.55. The molecule has 1 fully saturated rings. The van der Waals surface area contributed by atoms with Crippen molar-refractivity contribution in [1.82, 2.24) is 4.90 Å². The molecule has 2 nitrogen and oxygen atoms in total. The minimum atomic E-state index is -4.71. The molecular formula is C14H24F3NO. The zero-order valence-electron chi connectivity index (χ0n) is 12.1. The van der Waals surface area contributed by atoms with Gasteiger partial charge in [0.25, 0.3) is 0 Å². The van der Waals surface area contributed by atoms with Crippen molar-refractivity contribution in [3.05, 3.63) is 0 Å². The van der Waals surface area contributed by atoms with Crippen molar-refractivity contribution in [2.24, 2.45) is 17.8 Å². The third-order valence-corrected chi connectivity index (χ3v) is 4.54. The fourth-order valence-electron chi connectivity index (χ4n) is 2.92. The Labute approximate surface area is 113 Å². The van der Waals surface area contributed by atoms with E-state index in [4.69, 9.17) is 0 Å². The van der Waals surface area contributed by atoms with Gasteiger partial charge >= 0.3 is 6.18 Å². The van der Waals surface area contributed by atoms with Crippen molar-refractivity contribution in [1.29, 1.82) is 0 Å². The highest BCUT2D eigenvalue weighted by Gasteiger charge is 2.43. The van der Waals surface area contributed by atoms with Gasteiger partial charge in [0.05, 0.1) is 0 Å². The van der Waals surface area contributed by atoms with Gasteiger partial charge in [-0.15, -0.1) is 0 Å². The SMILES string of the molecule is CCC1CC(CC(C)C(C)C(=O)C(F)(F)F)N(C)C1. The maximum Gasteiger partial charge on any atom is 0.450 e. The van der Waals surface area contributed by atoms with Crippen LogP contribution in [0.3, 0.4) is 0 Å². The summed E-state index contributed by atoms with van der Waals surface area (Å²) < 4.78 is 37.2. The molecule has 112 valence electrons. The summed E-state index contributed by atoms with van der Waals surface area (Å²) in [6, 6.07) is 0.309. The van der Waals surface area contributed by atoms with Crippen molar-refractivity contribution in [3.8, 4) is 0 Å². The molecule has 0 saturated carbocycles. The maximum absolute atomic E-state index is 12.4. The van der Waals surface area contributed by atoms with E-state index in [2.05, 4.69) is 11.8 Å². The highest BCUT2D eigenvalue weighted by atomic mass is 19.4. The Morgan fingerprint density at radius 1 is 1.37 bits per heavy atom. The molecule has 1 rings (SSSR count). The van der Waals surface area contributed by atoms with E-state index in [1.165, 1.54) is 6.92 Å². The number of alkyl halides is 3. The third kappa shape index (κ3) is 4.20. The van der Waals surface area contributed by atoms with Gasteiger partial charge in [0.15, 0.2) is 0 Å². The molecule has 0 aromatic heterocycles. The summed E-state index contributed by atoms with van der Waals surface area (Å²) in [5.74, 6) is -2.14. The first-order chi connectivity index (χ1) is 8.66. The summed E-state index contributed by atoms with van der Waals surface area (Å²) in [7, 11) is 2.02. The van der Waals surface area contributed by atoms with E-state index >= 15 is 0 Å². The molecule has 1 aliphatic heterocycles. The van der Waals surface area contributed by atoms with Crippen LogP contribution in [0.4, 0.5) is 13.2 Å². The molecule has 0 bridgehead atoms. The highest BCUT2D eigenvalue weighted by molar-refractivity contribution is 5.86. The van der Waals surface area contributed by atoms with E-state index in [-0.39, 0.29) is 5.92 Å². The quantitative estimate of drug-likeness (QED) is 0.767. The van der Waals surface area contributed by atoms with E-state index in [0.29, 0.717) is 18.4 Å². The molecule has 4 atom stereocenters. The van der Waals surface area contributed by atoms with Crippen LogP contribution < -0.4 is 0 Å². The Kier molecular flexibility index (Phi) is 5.42. The normalized spacial score (nSPS) is 28.4. The van der Waals surface area contributed by atoms with Gasteiger partial charge in [-0.3, -0.25) is 4.79 Å². The Bertz CT molecular complexity index is 316. The number of ketones is 1. The van der Waals surface area contributed by atoms with Crippen LogP contribution >= 0.6 is 0 Å². The molecule has 0 spiro atoms. The second-order valence-electron chi connectivity index (χ2n) is 5.97. The van der Waals surface area contributed by atoms with Gasteiger partial charge in [0.2, 0.25) is 5.78 Å². The van der Waals surface area contributed by atoms with Crippen molar-refractivity contribution in [3.63, 3.8) is 0 Å². The van der Waals surface area contributed by atoms with Gasteiger partial charge in [-0.25, -0.2) is 0 Å². The van der Waals surface area contributed by atoms with Crippen LogP contribution in [0.5, 0.6) is 0 Å². The van der Waals surface area contributed by atoms with Crippen LogP contribution in [0.2, 0.25) is 0 Å². The lowest BCUT2D eigenvalue weighted by Gasteiger charge is -2.26. The van der Waals surface area contributed by atoms with Crippen molar-refractivity contribution < 1.29 is 18.0 Å². The van der Waals surface area contributed by atoms with Gasteiger partial charge in [-0.05, 0) is 31.7 Å². The molecule has 0 radical (unpaired) electrons. The number of nitrogens with zero attached hydrogens (tertiary/aromatic N) is 1. The summed E-state index contributed by atoms with van der Waals surface area (Å²) in [4.78, 5) is 13.5. The van der Waals surface area contributed by atoms with Crippen LogP contribution in [0.25, 0.3) is 0 Å². The number of rotatable bonds is 5. The summed E-state index contributed by atoms with van der Waals surface area (Å²) in [6.07, 6.45) is -1.91. The number of carbonyl (C=O) groups excluding carboxylic acids is 1. The molecule has 1 heterocycles. The molecule has 0 aromatic carbocycles. The lowest BCUT2D eigenvalue weighted by Crippen LogP contribution is -2.35. The summed E-state index contributed by atoms with van der Waals surface area (Å²) in [5, 5.41) is 0. The lowest BCUT2D eigenvalue weighted by molar-refractivity contribution is -0.176. The molecule has 4 unspecified atom stereocenters. The van der Waals surface area contributed by atoms with Gasteiger partial charge in [-0.2, -0.15) is 13.2 Å². The molecule has 1 saturated heterocycles. The van der Waals surface area contributed by atoms with Gasteiger partial charge in [0, 0.05) is 18.5 Å². The average Bonchev–Trinajstić information content (AvgIpc) is 2.67. The topological polar surface area (TPSA) is 20.3 Å². The minimum absolute atomic E-state index is 0.239. The van der Waals surface area contributed by atoms with Crippen LogP contribution in [0, 0.1) is 17.8 Å². The highest BCUT2D eigenvalue weighted by Crippen LogP contribution is 2.32. The molecule has 0 N–H and O–H groups in total. The summed E-state index contributed by atoms with van der Waals surface area (Å²) in [5.41, 5.74) is 0. The van der Waals surface area contributed by atoms with Gasteiger partial charge in [0.1, 0.15) is 0 Å². The zero-order valence-corrected chi connectivity index (χ0v) is 12.1. The van der Waals surface area contributed by atoms with E-state index in [1.807, 2.05) is 7.05 Å². The van der Waals surface area contributed by atoms with E-state index in [9.17, 15) is 18.0 Å². The van der Waals surface area contributed by atoms with Crippen molar-refractivity contribution in [2.75, 3.05) is 13.6 Å². The molecule has 0 amide bonds. The zero-order chi connectivity index (χ0) is 14.8. The second kappa shape index (κ2) is 6.25. The molecule has 0 aliphatic carbocycles. The number of halogens is 3. The fraction of sp³-hybridized carbons (Fsp3) is 0.929. The summed E-state index contributed by atoms with van der Waals surface area (Å²) in [6.45, 7) is 6.30. The minimum Gasteiger partial charge on any atom is -0.303 e. The first-order valence-corrected chi connectivity index (χ1v) is 6.98. The number of hydrogen-bond acceptors (Lipinski definition) is 2. The van der Waals surface area contributed by atoms with E-state index in [1.54, 1.807) is 6.92 Å². The molecular weight excluding hydrogens is 255 g/mol. The summed E-state index contributed by atoms with van der Waals surface area (Å²) >= 11 is 0. The van der Waals surface area contributed by atoms with Crippen LogP contribution in [-0.2, 0) is 4.79 Å². The molecule has 5 heteroatoms. The molecule has 1 aliphatic rings. The number of likely N-dealkylation sites (tertiary alicyclic amines) is 1. The van der Waals surface area contributed by atoms with Crippen LogP contribution in [-0.4, -0.2) is 36.5 Å². The number of Topliss-reactive ketones (excluding diaryl/α,β-unsaturated/α-hetero) is 1. The second-order valence-corrected chi connectivity index (χ2v) is 5.97. The van der Waals surface area contributed by atoms with E-state index < -0.39 is 17.9 Å². The predicted molar refractivity (Wildman–Crippen MR) is 68.8 cm³/mol. The van der Waals surface area contributed by atoms with Crippen LogP contribution in [0.1, 0.15) is 40.0 Å². The standard InChI is InChI=1S/C14H24F3NO/c1-5-11-7-12(18(4)8-11)6-9(2)10(3)13(19)14(15,16)17/h9-12H,5-8H2,1-4H3. The largest absolute Gasteiger partial charge is 0.450 e. The lowest BCUT2D eigenvalue weighted by atomic mass is 9.85. The van der Waals surface area contributed by atoms with Crippen molar-refractivity contribution in [2.45, 2.75) is 52.3 Å². The monoisotopic (exact) mass is 279 g/mol. The third-order valence-electron chi connectivity index (χ3n) is 4.54. The number of carbonyl (C=O) groups is 1. The van der Waals surface area contributed by atoms with Crippen molar-refractivity contribution >= 4 is 5.78 Å². The molecule has 0 aromatic rings. The first kappa shape index (κ1) is 16.5. The first-order valence-electron chi connectivity index (χ1n) is 6.98. The smallest absolute Gasteiger partial charge is 0.303 e. The average molecular weight is 279 g/mol. The molecule has 19 heavy (non-hydrogen) atoms. The number of hydrogen-bond donors (Lipinski definition) is 0. The predicted octanol–water partition coefficient (Wildman–Crippen LogP) is 3.51. The Hall–Kier alpha value is -0.580. The van der Waals surface area contributed by atoms with E-state index in [0.717, 1.165) is 19.4 Å². The van der Waals surface area contributed by atoms with Gasteiger partial charge in [-0.1, -0.05) is 27.2 Å². The Morgan fingerprint density at radius 2 is 1.95 bits per heavy atom. The Morgan fingerprint density at radius 3 is 2.37 bits per heavy atom. The fourth-order valence-corrected chi connectivity index (χ4v) is 2.92. The van der Waals surface area contributed by atoms with Crippen LogP contribution in [0.15, 0.2) is 0 Å². The maximum atomic E-state index is 12.4.